The minimum absolute atomic E-state index is 0.157. The van der Waals surface area contributed by atoms with Gasteiger partial charge in [0.05, 0.1) is 23.5 Å². The van der Waals surface area contributed by atoms with Crippen molar-refractivity contribution in [2.24, 2.45) is 0 Å². The third-order valence-corrected chi connectivity index (χ3v) is 5.58. The number of aromatic nitrogens is 2. The lowest BCUT2D eigenvalue weighted by atomic mass is 10.1. The molecule has 1 saturated heterocycles. The smallest absolute Gasteiger partial charge is 0.127 e. The number of methoxy groups -OCH3 is 1. The van der Waals surface area contributed by atoms with E-state index in [1.165, 1.54) is 0 Å². The van der Waals surface area contributed by atoms with Crippen LogP contribution in [0, 0.1) is 0 Å². The number of nitrogens with zero attached hydrogens (tertiary/aromatic N) is 2. The Hall–Kier alpha value is -1.07. The maximum absolute atomic E-state index is 11.6. The molecule has 0 bridgehead atoms. The third kappa shape index (κ3) is 2.81. The zero-order valence-corrected chi connectivity index (χ0v) is 13.8. The van der Waals surface area contributed by atoms with Crippen molar-refractivity contribution in [3.05, 3.63) is 24.0 Å². The van der Waals surface area contributed by atoms with Crippen molar-refractivity contribution in [3.63, 3.8) is 0 Å². The molecule has 0 amide bonds. The zero-order chi connectivity index (χ0) is 15.0. The van der Waals surface area contributed by atoms with Gasteiger partial charge in [-0.1, -0.05) is 0 Å². The highest BCUT2D eigenvalue weighted by Crippen LogP contribution is 2.34. The monoisotopic (exact) mass is 326 g/mol. The molecule has 1 atom stereocenters. The zero-order valence-electron chi connectivity index (χ0n) is 12.2. The Morgan fingerprint density at radius 1 is 1.43 bits per heavy atom. The van der Waals surface area contributed by atoms with Crippen molar-refractivity contribution < 1.29 is 8.95 Å². The first-order valence-electron chi connectivity index (χ1n) is 7.15. The topological polar surface area (TPSA) is 44.1 Å². The Morgan fingerprint density at radius 3 is 2.76 bits per heavy atom. The lowest BCUT2D eigenvalue weighted by molar-refractivity contribution is 0.415. The summed E-state index contributed by atoms with van der Waals surface area (Å²) in [5.41, 5.74) is 1.99. The van der Waals surface area contributed by atoms with E-state index >= 15 is 0 Å². The van der Waals surface area contributed by atoms with Gasteiger partial charge in [0.25, 0.3) is 0 Å². The number of halogens is 1. The molecule has 3 rings (SSSR count). The van der Waals surface area contributed by atoms with Gasteiger partial charge < -0.3 is 9.30 Å². The molecule has 1 aliphatic rings. The summed E-state index contributed by atoms with van der Waals surface area (Å²) in [6.07, 6.45) is 1.83. The van der Waals surface area contributed by atoms with Crippen LogP contribution in [0.15, 0.2) is 18.2 Å². The summed E-state index contributed by atoms with van der Waals surface area (Å²) in [5, 5.41) is -0.157. The minimum Gasteiger partial charge on any atom is -0.497 e. The molecule has 2 aromatic rings. The molecule has 1 fully saturated rings. The average molecular weight is 327 g/mol. The van der Waals surface area contributed by atoms with Crippen molar-refractivity contribution in [3.8, 4) is 5.75 Å². The Balaban J connectivity index is 2.10. The van der Waals surface area contributed by atoms with Crippen LogP contribution in [-0.4, -0.2) is 32.4 Å². The lowest BCUT2D eigenvalue weighted by Crippen LogP contribution is -2.23. The van der Waals surface area contributed by atoms with E-state index in [2.05, 4.69) is 4.57 Å². The first-order chi connectivity index (χ1) is 10.1. The Bertz CT molecular complexity index is 674. The van der Waals surface area contributed by atoms with Gasteiger partial charge in [-0.25, -0.2) is 4.98 Å². The molecular weight excluding hydrogens is 308 g/mol. The van der Waals surface area contributed by atoms with E-state index in [4.69, 9.17) is 21.3 Å². The predicted octanol–water partition coefficient (Wildman–Crippen LogP) is 3.43. The summed E-state index contributed by atoms with van der Waals surface area (Å²) in [5.74, 6) is 3.20. The van der Waals surface area contributed by atoms with Crippen LogP contribution in [-0.2, 0) is 10.8 Å². The van der Waals surface area contributed by atoms with E-state index in [1.54, 1.807) is 7.11 Å². The Labute approximate surface area is 131 Å². The second kappa shape index (κ2) is 5.97. The summed E-state index contributed by atoms with van der Waals surface area (Å²) < 4.78 is 19.1. The summed E-state index contributed by atoms with van der Waals surface area (Å²) >= 11 is 6.33. The first kappa shape index (κ1) is 14.9. The van der Waals surface area contributed by atoms with Crippen LogP contribution in [0.4, 0.5) is 0 Å². The fourth-order valence-corrected chi connectivity index (χ4v) is 4.36. The second-order valence-electron chi connectivity index (χ2n) is 5.39. The highest BCUT2D eigenvalue weighted by Gasteiger charge is 2.25. The van der Waals surface area contributed by atoms with Gasteiger partial charge in [-0.2, -0.15) is 0 Å². The van der Waals surface area contributed by atoms with E-state index in [0.29, 0.717) is 6.04 Å². The molecule has 4 nitrogen and oxygen atoms in total. The molecule has 1 aromatic carbocycles. The molecular formula is C15H19ClN2O2S. The normalized spacial score (nSPS) is 24.1. The van der Waals surface area contributed by atoms with E-state index in [9.17, 15) is 4.21 Å². The van der Waals surface area contributed by atoms with Crippen LogP contribution >= 0.6 is 11.6 Å². The van der Waals surface area contributed by atoms with Gasteiger partial charge in [0.2, 0.25) is 0 Å². The van der Waals surface area contributed by atoms with Crippen LogP contribution in [0.5, 0.6) is 5.75 Å². The molecule has 0 N–H and O–H groups in total. The van der Waals surface area contributed by atoms with Gasteiger partial charge in [-0.05, 0) is 31.9 Å². The van der Waals surface area contributed by atoms with Crippen LogP contribution in [0.1, 0.15) is 37.0 Å². The van der Waals surface area contributed by atoms with Crippen molar-refractivity contribution in [1.82, 2.24) is 9.55 Å². The Morgan fingerprint density at radius 2 is 2.14 bits per heavy atom. The number of imidazole rings is 1. The largest absolute Gasteiger partial charge is 0.497 e. The fourth-order valence-electron chi connectivity index (χ4n) is 2.93. The van der Waals surface area contributed by atoms with Crippen molar-refractivity contribution in [2.45, 2.75) is 31.2 Å². The third-order valence-electron chi connectivity index (χ3n) is 4.00. The van der Waals surface area contributed by atoms with Gasteiger partial charge in [0, 0.05) is 34.4 Å². The minimum atomic E-state index is -0.665. The van der Waals surface area contributed by atoms with Gasteiger partial charge in [0.15, 0.2) is 0 Å². The molecule has 0 saturated carbocycles. The van der Waals surface area contributed by atoms with Crippen LogP contribution in [0.3, 0.4) is 0 Å². The van der Waals surface area contributed by atoms with Gasteiger partial charge in [0.1, 0.15) is 11.6 Å². The van der Waals surface area contributed by atoms with Crippen LogP contribution in [0.2, 0.25) is 0 Å². The maximum atomic E-state index is 11.6. The average Bonchev–Trinajstić information content (AvgIpc) is 2.86. The molecule has 1 unspecified atom stereocenters. The number of hydrogen-bond donors (Lipinski definition) is 0. The standard InChI is InChI=1S/C15H19ClN2O2S/c1-10(16)15-17-13-9-12(20-2)3-4-14(13)18(15)11-5-7-21(19)8-6-11/h3-4,9-11H,5-8H2,1-2H3. The van der Waals surface area contributed by atoms with Crippen molar-refractivity contribution >= 4 is 33.4 Å². The fraction of sp³-hybridized carbons (Fsp3) is 0.533. The van der Waals surface area contributed by atoms with Gasteiger partial charge in [-0.3, -0.25) is 4.21 Å². The molecule has 21 heavy (non-hydrogen) atoms. The Kier molecular flexibility index (Phi) is 4.22. The van der Waals surface area contributed by atoms with Crippen molar-refractivity contribution in [1.29, 1.82) is 0 Å². The van der Waals surface area contributed by atoms with Crippen LogP contribution < -0.4 is 4.74 Å². The van der Waals surface area contributed by atoms with Gasteiger partial charge in [-0.15, -0.1) is 11.6 Å². The molecule has 114 valence electrons. The van der Waals surface area contributed by atoms with E-state index in [-0.39, 0.29) is 5.38 Å². The first-order valence-corrected chi connectivity index (χ1v) is 9.07. The molecule has 6 heteroatoms. The number of hydrogen-bond acceptors (Lipinski definition) is 3. The van der Waals surface area contributed by atoms with Gasteiger partial charge >= 0.3 is 0 Å². The molecule has 0 radical (unpaired) electrons. The molecule has 0 aliphatic carbocycles. The summed E-state index contributed by atoms with van der Waals surface area (Å²) in [6, 6.07) is 6.26. The highest BCUT2D eigenvalue weighted by molar-refractivity contribution is 7.85. The summed E-state index contributed by atoms with van der Waals surface area (Å²) in [4.78, 5) is 4.69. The number of ether oxygens (including phenoxy) is 1. The molecule has 0 spiro atoms. The molecule has 2 heterocycles. The molecule has 1 aliphatic heterocycles. The van der Waals surface area contributed by atoms with Crippen molar-refractivity contribution in [2.75, 3.05) is 18.6 Å². The predicted molar refractivity (Wildman–Crippen MR) is 86.7 cm³/mol. The lowest BCUT2D eigenvalue weighted by Gasteiger charge is -2.25. The highest BCUT2D eigenvalue weighted by atomic mass is 35.5. The van der Waals surface area contributed by atoms with E-state index in [1.807, 2.05) is 25.1 Å². The quantitative estimate of drug-likeness (QED) is 0.812. The van der Waals surface area contributed by atoms with E-state index in [0.717, 1.165) is 47.0 Å². The number of alkyl halides is 1. The number of rotatable bonds is 3. The SMILES string of the molecule is COc1ccc2c(c1)nc(C(C)Cl)n2C1CCS(=O)CC1. The maximum Gasteiger partial charge on any atom is 0.127 e. The van der Waals surface area contributed by atoms with E-state index < -0.39 is 10.8 Å². The van der Waals surface area contributed by atoms with Crippen LogP contribution in [0.25, 0.3) is 11.0 Å². The number of fused-ring (bicyclic) bond motifs is 1. The molecule has 1 aromatic heterocycles. The number of benzene rings is 1. The summed E-state index contributed by atoms with van der Waals surface area (Å²) in [7, 11) is 0.987. The summed E-state index contributed by atoms with van der Waals surface area (Å²) in [6.45, 7) is 1.94. The second-order valence-corrected chi connectivity index (χ2v) is 7.74.